The van der Waals surface area contributed by atoms with Crippen molar-refractivity contribution < 1.29 is 4.92 Å². The van der Waals surface area contributed by atoms with Crippen LogP contribution in [-0.2, 0) is 11.8 Å². The fourth-order valence-electron chi connectivity index (χ4n) is 2.32. The van der Waals surface area contributed by atoms with Gasteiger partial charge >= 0.3 is 0 Å². The van der Waals surface area contributed by atoms with Gasteiger partial charge in [0.05, 0.1) is 4.92 Å². The molecule has 0 spiro atoms. The minimum Gasteiger partial charge on any atom is -0.330 e. The fraction of sp³-hybridized carbons (Fsp3) is 0.250. The molecule has 0 aliphatic rings. The Morgan fingerprint density at radius 1 is 1.10 bits per heavy atom. The zero-order chi connectivity index (χ0) is 14.6. The van der Waals surface area contributed by atoms with E-state index in [0.29, 0.717) is 6.54 Å². The van der Waals surface area contributed by atoms with Crippen molar-refractivity contribution in [3.05, 3.63) is 75.8 Å². The Bertz CT molecular complexity index is 581. The van der Waals surface area contributed by atoms with Crippen molar-refractivity contribution in [2.75, 3.05) is 6.54 Å². The molecule has 0 aromatic heterocycles. The van der Waals surface area contributed by atoms with Gasteiger partial charge in [-0.05, 0) is 17.5 Å². The molecule has 1 atom stereocenters. The van der Waals surface area contributed by atoms with Gasteiger partial charge in [0.2, 0.25) is 0 Å². The minimum absolute atomic E-state index is 0.114. The summed E-state index contributed by atoms with van der Waals surface area (Å²) in [5, 5.41) is 10.7. The van der Waals surface area contributed by atoms with Crippen LogP contribution in [-0.4, -0.2) is 11.5 Å². The summed E-state index contributed by atoms with van der Waals surface area (Å²) in [6, 6.07) is 16.8. The molecule has 0 fully saturated rings. The summed E-state index contributed by atoms with van der Waals surface area (Å²) in [7, 11) is 0. The van der Waals surface area contributed by atoms with Crippen molar-refractivity contribution in [3.63, 3.8) is 0 Å². The first-order valence-corrected chi connectivity index (χ1v) is 6.54. The summed E-state index contributed by atoms with van der Waals surface area (Å²) in [5.74, 6) is 0. The molecule has 4 heteroatoms. The Kier molecular flexibility index (Phi) is 4.15. The van der Waals surface area contributed by atoms with Crippen molar-refractivity contribution in [3.8, 4) is 0 Å². The second-order valence-corrected chi connectivity index (χ2v) is 5.23. The van der Waals surface area contributed by atoms with Gasteiger partial charge in [0.25, 0.3) is 5.69 Å². The summed E-state index contributed by atoms with van der Waals surface area (Å²) in [6.45, 7) is 2.64. The van der Waals surface area contributed by atoms with Crippen LogP contribution in [0.5, 0.6) is 0 Å². The first-order valence-electron chi connectivity index (χ1n) is 6.54. The maximum atomic E-state index is 10.7. The van der Waals surface area contributed by atoms with Crippen LogP contribution in [0, 0.1) is 10.1 Å². The van der Waals surface area contributed by atoms with E-state index < -0.39 is 0 Å². The topological polar surface area (TPSA) is 69.2 Å². The lowest BCUT2D eigenvalue weighted by Gasteiger charge is -2.28. The average molecular weight is 270 g/mol. The lowest BCUT2D eigenvalue weighted by molar-refractivity contribution is -0.384. The highest BCUT2D eigenvalue weighted by Gasteiger charge is 2.25. The van der Waals surface area contributed by atoms with Gasteiger partial charge in [0.1, 0.15) is 0 Å². The van der Waals surface area contributed by atoms with Crippen LogP contribution in [0.2, 0.25) is 0 Å². The third-order valence-electron chi connectivity index (χ3n) is 3.66. The Hall–Kier alpha value is -2.20. The zero-order valence-corrected chi connectivity index (χ0v) is 11.5. The van der Waals surface area contributed by atoms with Crippen LogP contribution in [0.15, 0.2) is 54.6 Å². The first-order chi connectivity index (χ1) is 9.55. The molecule has 0 saturated heterocycles. The fourth-order valence-corrected chi connectivity index (χ4v) is 2.32. The summed E-state index contributed by atoms with van der Waals surface area (Å²) >= 11 is 0. The van der Waals surface area contributed by atoms with E-state index in [0.717, 1.165) is 12.0 Å². The second kappa shape index (κ2) is 5.84. The largest absolute Gasteiger partial charge is 0.330 e. The number of non-ortho nitro benzene ring substituents is 1. The first kappa shape index (κ1) is 14.2. The number of hydrogen-bond donors (Lipinski definition) is 1. The van der Waals surface area contributed by atoms with Crippen LogP contribution in [0.4, 0.5) is 5.69 Å². The Balaban J connectivity index is 2.24. The van der Waals surface area contributed by atoms with Crippen molar-refractivity contribution >= 4 is 5.69 Å². The molecule has 0 aliphatic carbocycles. The van der Waals surface area contributed by atoms with E-state index >= 15 is 0 Å². The van der Waals surface area contributed by atoms with E-state index in [-0.39, 0.29) is 16.0 Å². The van der Waals surface area contributed by atoms with Crippen LogP contribution in [0.25, 0.3) is 0 Å². The predicted molar refractivity (Wildman–Crippen MR) is 79.6 cm³/mol. The van der Waals surface area contributed by atoms with Gasteiger partial charge < -0.3 is 5.73 Å². The highest BCUT2D eigenvalue weighted by molar-refractivity contribution is 5.35. The van der Waals surface area contributed by atoms with Crippen molar-refractivity contribution in [2.24, 2.45) is 5.73 Å². The Morgan fingerprint density at radius 2 is 1.70 bits per heavy atom. The van der Waals surface area contributed by atoms with Crippen molar-refractivity contribution in [2.45, 2.75) is 18.8 Å². The molecule has 0 bridgehead atoms. The third kappa shape index (κ3) is 3.03. The summed E-state index contributed by atoms with van der Waals surface area (Å²) < 4.78 is 0. The summed E-state index contributed by atoms with van der Waals surface area (Å²) in [4.78, 5) is 10.3. The number of nitro benzene ring substituents is 1. The number of nitrogens with zero attached hydrogens (tertiary/aromatic N) is 1. The zero-order valence-electron chi connectivity index (χ0n) is 11.5. The molecule has 2 rings (SSSR count). The third-order valence-corrected chi connectivity index (χ3v) is 3.66. The van der Waals surface area contributed by atoms with E-state index in [4.69, 9.17) is 5.73 Å². The van der Waals surface area contributed by atoms with Gasteiger partial charge in [0.15, 0.2) is 0 Å². The molecule has 2 aromatic carbocycles. The quantitative estimate of drug-likeness (QED) is 0.670. The van der Waals surface area contributed by atoms with E-state index in [1.807, 2.05) is 18.2 Å². The van der Waals surface area contributed by atoms with Gasteiger partial charge in [-0.1, -0.05) is 49.4 Å². The molecule has 4 nitrogen and oxygen atoms in total. The predicted octanol–water partition coefficient (Wildman–Crippen LogP) is 3.05. The molecule has 0 saturated carbocycles. The van der Waals surface area contributed by atoms with Crippen LogP contribution < -0.4 is 5.73 Å². The normalized spacial score (nSPS) is 13.7. The molecule has 0 aliphatic heterocycles. The van der Waals surface area contributed by atoms with E-state index in [1.165, 1.54) is 17.7 Å². The number of hydrogen-bond acceptors (Lipinski definition) is 3. The molecular weight excluding hydrogens is 252 g/mol. The van der Waals surface area contributed by atoms with E-state index in [1.54, 1.807) is 12.1 Å². The molecule has 20 heavy (non-hydrogen) atoms. The van der Waals surface area contributed by atoms with Gasteiger partial charge in [-0.15, -0.1) is 0 Å². The van der Waals surface area contributed by atoms with Crippen molar-refractivity contribution in [1.82, 2.24) is 0 Å². The molecule has 2 N–H and O–H groups in total. The van der Waals surface area contributed by atoms with Crippen LogP contribution in [0.1, 0.15) is 18.1 Å². The molecule has 104 valence electrons. The number of rotatable bonds is 5. The van der Waals surface area contributed by atoms with E-state index in [9.17, 15) is 10.1 Å². The van der Waals surface area contributed by atoms with E-state index in [2.05, 4.69) is 19.1 Å². The standard InChI is InChI=1S/C16H18N2O2/c1-16(12-17,14-5-3-2-4-6-14)11-13-7-9-15(10-8-13)18(19)20/h2-10H,11-12,17H2,1H3. The maximum absolute atomic E-state index is 10.7. The highest BCUT2D eigenvalue weighted by atomic mass is 16.6. The molecule has 1 unspecified atom stereocenters. The lowest BCUT2D eigenvalue weighted by Crippen LogP contribution is -2.34. The molecule has 2 aromatic rings. The SMILES string of the molecule is CC(CN)(Cc1ccc([N+](=O)[O-])cc1)c1ccccc1. The average Bonchev–Trinajstić information content (AvgIpc) is 2.48. The number of nitrogens with two attached hydrogens (primary N) is 1. The lowest BCUT2D eigenvalue weighted by atomic mass is 9.77. The Labute approximate surface area is 118 Å². The second-order valence-electron chi connectivity index (χ2n) is 5.23. The van der Waals surface area contributed by atoms with Gasteiger partial charge in [-0.2, -0.15) is 0 Å². The smallest absolute Gasteiger partial charge is 0.269 e. The molecule has 0 amide bonds. The highest BCUT2D eigenvalue weighted by Crippen LogP contribution is 2.27. The maximum Gasteiger partial charge on any atom is 0.269 e. The molecule has 0 heterocycles. The number of nitro groups is 1. The van der Waals surface area contributed by atoms with Gasteiger partial charge in [-0.3, -0.25) is 10.1 Å². The minimum atomic E-state index is -0.386. The summed E-state index contributed by atoms with van der Waals surface area (Å²) in [6.07, 6.45) is 0.755. The molecular formula is C16H18N2O2. The monoisotopic (exact) mass is 270 g/mol. The van der Waals surface area contributed by atoms with Crippen LogP contribution in [0.3, 0.4) is 0 Å². The van der Waals surface area contributed by atoms with Crippen molar-refractivity contribution in [1.29, 1.82) is 0 Å². The van der Waals surface area contributed by atoms with Crippen LogP contribution >= 0.6 is 0 Å². The Morgan fingerprint density at radius 3 is 2.20 bits per heavy atom. The van der Waals surface area contributed by atoms with Gasteiger partial charge in [-0.25, -0.2) is 0 Å². The van der Waals surface area contributed by atoms with Gasteiger partial charge in [0, 0.05) is 24.1 Å². The number of benzene rings is 2. The summed E-state index contributed by atoms with van der Waals surface area (Å²) in [5.41, 5.74) is 8.13. The molecule has 0 radical (unpaired) electrons.